The second kappa shape index (κ2) is 8.95. The van der Waals surface area contributed by atoms with E-state index in [0.29, 0.717) is 12.1 Å². The molecule has 5 aromatic rings. The Kier molecular flexibility index (Phi) is 5.61. The molecule has 4 heterocycles. The second-order valence-electron chi connectivity index (χ2n) is 9.75. The minimum Gasteiger partial charge on any atom is -0.370 e. The molecule has 0 spiro atoms. The van der Waals surface area contributed by atoms with Crippen LogP contribution in [-0.4, -0.2) is 38.0 Å². The van der Waals surface area contributed by atoms with Crippen LogP contribution >= 0.6 is 0 Å². The van der Waals surface area contributed by atoms with E-state index in [1.165, 1.54) is 6.07 Å². The van der Waals surface area contributed by atoms with Crippen LogP contribution in [0.25, 0.3) is 33.6 Å². The van der Waals surface area contributed by atoms with Gasteiger partial charge in [0.2, 0.25) is 0 Å². The van der Waals surface area contributed by atoms with E-state index < -0.39 is 0 Å². The minimum atomic E-state index is -0.200. The minimum absolute atomic E-state index is 0.191. The lowest BCUT2D eigenvalue weighted by Crippen LogP contribution is -2.41. The van der Waals surface area contributed by atoms with Crippen LogP contribution in [0.3, 0.4) is 0 Å². The number of hydrogen-bond acceptors (Lipinski definition) is 3. The number of fused-ring (bicyclic) bond motifs is 2. The maximum atomic E-state index is 14.6. The monoisotopic (exact) mass is 479 g/mol. The quantitative estimate of drug-likeness (QED) is 0.344. The number of piperidine rings is 1. The van der Waals surface area contributed by atoms with E-state index in [1.54, 1.807) is 6.07 Å². The van der Waals surface area contributed by atoms with Gasteiger partial charge in [-0.25, -0.2) is 9.37 Å². The first kappa shape index (κ1) is 22.6. The van der Waals surface area contributed by atoms with E-state index in [4.69, 9.17) is 10.7 Å². The molecule has 0 saturated carbocycles. The molecule has 0 radical (unpaired) electrons. The Morgan fingerprint density at radius 1 is 1.11 bits per heavy atom. The van der Waals surface area contributed by atoms with Crippen molar-refractivity contribution in [2.45, 2.75) is 32.4 Å². The molecule has 0 aliphatic carbocycles. The number of nitrogens with zero attached hydrogens (tertiary/aromatic N) is 4. The van der Waals surface area contributed by atoms with Crippen LogP contribution < -0.4 is 5.73 Å². The molecule has 2 aromatic carbocycles. The van der Waals surface area contributed by atoms with Crippen molar-refractivity contribution < 1.29 is 4.39 Å². The average Bonchev–Trinajstić information content (AvgIpc) is 3.42. The van der Waals surface area contributed by atoms with Crippen molar-refractivity contribution in [3.05, 3.63) is 102 Å². The molecule has 1 fully saturated rings. The number of likely N-dealkylation sites (tertiary alicyclic amines) is 1. The van der Waals surface area contributed by atoms with Crippen molar-refractivity contribution in [2.75, 3.05) is 13.1 Å². The third-order valence-corrected chi connectivity index (χ3v) is 7.38. The highest BCUT2D eigenvalue weighted by Gasteiger charge is 2.21. The maximum Gasteiger partial charge on any atom is 0.138 e. The van der Waals surface area contributed by atoms with Gasteiger partial charge in [-0.2, -0.15) is 0 Å². The second-order valence-corrected chi connectivity index (χ2v) is 9.75. The highest BCUT2D eigenvalue weighted by atomic mass is 19.1. The van der Waals surface area contributed by atoms with Gasteiger partial charge in [0.25, 0.3) is 0 Å². The number of imidazole rings is 1. The zero-order valence-corrected chi connectivity index (χ0v) is 20.5. The van der Waals surface area contributed by atoms with Gasteiger partial charge < -0.3 is 19.6 Å². The number of halogens is 1. The first-order valence-electron chi connectivity index (χ1n) is 12.5. The van der Waals surface area contributed by atoms with Crippen molar-refractivity contribution in [3.8, 4) is 11.4 Å². The van der Waals surface area contributed by atoms with E-state index in [-0.39, 0.29) is 11.9 Å². The van der Waals surface area contributed by atoms with E-state index in [9.17, 15) is 4.39 Å². The summed E-state index contributed by atoms with van der Waals surface area (Å²) in [5.74, 6) is -0.200. The summed E-state index contributed by atoms with van der Waals surface area (Å²) in [5, 5.41) is 1.11. The predicted octanol–water partition coefficient (Wildman–Crippen LogP) is 5.85. The summed E-state index contributed by atoms with van der Waals surface area (Å²) in [6, 6.07) is 21.7. The molecule has 1 atom stereocenters. The number of hydrogen-bond donors (Lipinski definition) is 1. The molecule has 1 aliphatic heterocycles. The zero-order chi connectivity index (χ0) is 24.8. The van der Waals surface area contributed by atoms with E-state index in [1.807, 2.05) is 24.3 Å². The summed E-state index contributed by atoms with van der Waals surface area (Å²) >= 11 is 0. The number of para-hydroxylation sites is 1. The Hall–Kier alpha value is -3.90. The normalized spacial score (nSPS) is 16.2. The van der Waals surface area contributed by atoms with Crippen LogP contribution in [0.1, 0.15) is 29.7 Å². The van der Waals surface area contributed by atoms with Gasteiger partial charge in [-0.1, -0.05) is 43.0 Å². The number of pyridine rings is 1. The lowest BCUT2D eigenvalue weighted by atomic mass is 10.0. The highest BCUT2D eigenvalue weighted by Crippen LogP contribution is 2.32. The Balaban J connectivity index is 1.44. The van der Waals surface area contributed by atoms with Gasteiger partial charge >= 0.3 is 0 Å². The number of aryl methyl sites for hydroxylation is 1. The SMILES string of the molecule is C=C(c1ccn2c(C)c(-c3cc4ccccc4n3Cc3ccccc3F)nc2c1)N1CCCC(N)C1. The largest absolute Gasteiger partial charge is 0.370 e. The lowest BCUT2D eigenvalue weighted by molar-refractivity contribution is 0.296. The van der Waals surface area contributed by atoms with Crippen LogP contribution in [0.15, 0.2) is 79.5 Å². The van der Waals surface area contributed by atoms with Gasteiger partial charge in [0.15, 0.2) is 0 Å². The van der Waals surface area contributed by atoms with Crippen molar-refractivity contribution in [3.63, 3.8) is 0 Å². The van der Waals surface area contributed by atoms with Gasteiger partial charge in [-0.15, -0.1) is 0 Å². The van der Waals surface area contributed by atoms with Gasteiger partial charge in [0, 0.05) is 58.7 Å². The molecule has 36 heavy (non-hydrogen) atoms. The lowest BCUT2D eigenvalue weighted by Gasteiger charge is -2.34. The first-order chi connectivity index (χ1) is 17.5. The molecular weight excluding hydrogens is 449 g/mol. The van der Waals surface area contributed by atoms with Gasteiger partial charge in [0.05, 0.1) is 12.2 Å². The molecule has 6 heteroatoms. The molecule has 1 saturated heterocycles. The van der Waals surface area contributed by atoms with Gasteiger partial charge in [-0.3, -0.25) is 0 Å². The van der Waals surface area contributed by atoms with Crippen molar-refractivity contribution >= 4 is 22.2 Å². The standard InChI is InChI=1S/C30H30FN5/c1-20(34-14-7-10-25(32)19-34)22-13-15-35-21(2)30(33-29(35)17-22)28-16-23-8-4-6-12-27(23)36(28)18-24-9-3-5-11-26(24)31/h3-6,8-9,11-13,15-17,25H,1,7,10,14,18-19,32H2,2H3. The molecular formula is C30H30FN5. The summed E-state index contributed by atoms with van der Waals surface area (Å²) in [6.45, 7) is 8.69. The topological polar surface area (TPSA) is 51.5 Å². The van der Waals surface area contributed by atoms with Crippen molar-refractivity contribution in [2.24, 2.45) is 5.73 Å². The fourth-order valence-electron chi connectivity index (χ4n) is 5.40. The third-order valence-electron chi connectivity index (χ3n) is 7.38. The summed E-state index contributed by atoms with van der Waals surface area (Å²) in [7, 11) is 0. The fourth-order valence-corrected chi connectivity index (χ4v) is 5.40. The smallest absolute Gasteiger partial charge is 0.138 e. The van der Waals surface area contributed by atoms with E-state index >= 15 is 0 Å². The Bertz CT molecular complexity index is 1590. The number of rotatable bonds is 5. The summed E-state index contributed by atoms with van der Waals surface area (Å²) < 4.78 is 18.9. The summed E-state index contributed by atoms with van der Waals surface area (Å²) in [5.41, 5.74) is 13.7. The fraction of sp³-hybridized carbons (Fsp3) is 0.233. The zero-order valence-electron chi connectivity index (χ0n) is 20.5. The van der Waals surface area contributed by atoms with Crippen LogP contribution in [0.2, 0.25) is 0 Å². The van der Waals surface area contributed by atoms with Crippen molar-refractivity contribution in [1.82, 2.24) is 18.9 Å². The Labute approximate surface area is 210 Å². The van der Waals surface area contributed by atoms with Crippen LogP contribution in [0.4, 0.5) is 4.39 Å². The molecule has 2 N–H and O–H groups in total. The Morgan fingerprint density at radius 3 is 2.75 bits per heavy atom. The molecule has 1 aliphatic rings. The molecule has 5 nitrogen and oxygen atoms in total. The molecule has 182 valence electrons. The number of nitrogens with two attached hydrogens (primary N) is 1. The van der Waals surface area contributed by atoms with Gasteiger partial charge in [-0.05, 0) is 50.1 Å². The number of aromatic nitrogens is 3. The van der Waals surface area contributed by atoms with E-state index in [0.717, 1.165) is 70.8 Å². The van der Waals surface area contributed by atoms with Crippen LogP contribution in [0.5, 0.6) is 0 Å². The van der Waals surface area contributed by atoms with Gasteiger partial charge in [0.1, 0.15) is 17.2 Å². The molecule has 0 bridgehead atoms. The third kappa shape index (κ3) is 3.88. The first-order valence-corrected chi connectivity index (χ1v) is 12.5. The average molecular weight is 480 g/mol. The van der Waals surface area contributed by atoms with E-state index in [2.05, 4.69) is 63.9 Å². The Morgan fingerprint density at radius 2 is 1.92 bits per heavy atom. The highest BCUT2D eigenvalue weighted by molar-refractivity contribution is 5.87. The van der Waals surface area contributed by atoms with Crippen LogP contribution in [-0.2, 0) is 6.54 Å². The van der Waals surface area contributed by atoms with Crippen molar-refractivity contribution in [1.29, 1.82) is 0 Å². The van der Waals surface area contributed by atoms with Crippen LogP contribution in [0, 0.1) is 12.7 Å². The molecule has 6 rings (SSSR count). The molecule has 3 aromatic heterocycles. The maximum absolute atomic E-state index is 14.6. The predicted molar refractivity (Wildman–Crippen MR) is 144 cm³/mol. The molecule has 1 unspecified atom stereocenters. The summed E-state index contributed by atoms with van der Waals surface area (Å²) in [6.07, 6.45) is 4.21. The summed E-state index contributed by atoms with van der Waals surface area (Å²) in [4.78, 5) is 7.35. The number of benzene rings is 2. The molecule has 0 amide bonds.